The minimum absolute atomic E-state index is 0. The molecule has 2 heterocycles. The molecule has 2 aliphatic heterocycles. The first-order valence-electron chi connectivity index (χ1n) is 9.11. The van der Waals surface area contributed by atoms with Gasteiger partial charge in [-0.05, 0) is 56.7 Å². The van der Waals surface area contributed by atoms with Crippen LogP contribution in [0.25, 0.3) is 0 Å². The number of carbonyl (C=O) groups excluding carboxylic acids is 1. The highest BCUT2D eigenvalue weighted by atomic mass is 35.5. The quantitative estimate of drug-likeness (QED) is 0.743. The zero-order chi connectivity index (χ0) is 17.4. The molecule has 1 spiro atoms. The molecule has 154 valence electrons. The third kappa shape index (κ3) is 5.63. The lowest BCUT2D eigenvalue weighted by Gasteiger charge is -2.26. The lowest BCUT2D eigenvalue weighted by Crippen LogP contribution is -2.39. The van der Waals surface area contributed by atoms with Crippen LogP contribution in [0.3, 0.4) is 0 Å². The van der Waals surface area contributed by atoms with Crippen LogP contribution >= 0.6 is 24.8 Å². The highest BCUT2D eigenvalue weighted by Crippen LogP contribution is 2.59. The summed E-state index contributed by atoms with van der Waals surface area (Å²) in [6, 6.07) is 0. The van der Waals surface area contributed by atoms with Gasteiger partial charge in [0.1, 0.15) is 0 Å². The van der Waals surface area contributed by atoms with Crippen LogP contribution < -0.4 is 5.32 Å². The number of carbonyl (C=O) groups is 1. The number of nitrogens with one attached hydrogen (secondary N) is 1. The largest absolute Gasteiger partial charge is 0.401 e. The molecule has 4 nitrogen and oxygen atoms in total. The first kappa shape index (κ1) is 23.8. The van der Waals surface area contributed by atoms with Gasteiger partial charge < -0.3 is 10.2 Å². The number of hydrogen-bond acceptors (Lipinski definition) is 3. The van der Waals surface area contributed by atoms with E-state index in [1.165, 1.54) is 4.90 Å². The van der Waals surface area contributed by atoms with E-state index in [0.717, 1.165) is 38.8 Å². The molecule has 2 atom stereocenters. The smallest absolute Gasteiger partial charge is 0.342 e. The monoisotopic (exact) mass is 419 g/mol. The molecule has 2 unspecified atom stereocenters. The van der Waals surface area contributed by atoms with Crippen molar-refractivity contribution in [2.75, 3.05) is 45.8 Å². The van der Waals surface area contributed by atoms with Crippen molar-refractivity contribution in [2.24, 2.45) is 17.3 Å². The summed E-state index contributed by atoms with van der Waals surface area (Å²) in [5.41, 5.74) is 0.228. The zero-order valence-electron chi connectivity index (χ0n) is 15.2. The lowest BCUT2D eigenvalue weighted by molar-refractivity contribution is -0.146. The second kappa shape index (κ2) is 9.30. The van der Waals surface area contributed by atoms with Crippen LogP contribution in [0.2, 0.25) is 0 Å². The van der Waals surface area contributed by atoms with Crippen molar-refractivity contribution < 1.29 is 18.0 Å². The predicted octanol–water partition coefficient (Wildman–Crippen LogP) is 2.95. The molecular formula is C17H30Cl2F3N3O. The first-order valence-corrected chi connectivity index (χ1v) is 9.11. The van der Waals surface area contributed by atoms with E-state index in [2.05, 4.69) is 5.32 Å². The van der Waals surface area contributed by atoms with Crippen molar-refractivity contribution in [1.29, 1.82) is 0 Å². The van der Waals surface area contributed by atoms with Crippen LogP contribution in [0.5, 0.6) is 0 Å². The fourth-order valence-corrected chi connectivity index (χ4v) is 4.50. The SMILES string of the molecule is CCN(CC1CCN(C(=O)C2CC23CCNCC3)C1)CC(F)(F)F.Cl.Cl. The molecule has 1 amide bonds. The van der Waals surface area contributed by atoms with Gasteiger partial charge >= 0.3 is 6.18 Å². The van der Waals surface area contributed by atoms with Crippen LogP contribution in [0.15, 0.2) is 0 Å². The fourth-order valence-electron chi connectivity index (χ4n) is 4.50. The van der Waals surface area contributed by atoms with Gasteiger partial charge in [0.2, 0.25) is 5.91 Å². The van der Waals surface area contributed by atoms with E-state index in [-0.39, 0.29) is 48.0 Å². The number of amides is 1. The molecule has 0 radical (unpaired) electrons. The number of hydrogen-bond donors (Lipinski definition) is 1. The second-order valence-corrected chi connectivity index (χ2v) is 7.75. The van der Waals surface area contributed by atoms with E-state index in [9.17, 15) is 18.0 Å². The maximum Gasteiger partial charge on any atom is 0.401 e. The van der Waals surface area contributed by atoms with Crippen molar-refractivity contribution in [1.82, 2.24) is 15.1 Å². The van der Waals surface area contributed by atoms with Crippen molar-refractivity contribution >= 4 is 30.7 Å². The Kier molecular flexibility index (Phi) is 8.52. The molecular weight excluding hydrogens is 390 g/mol. The fraction of sp³-hybridized carbons (Fsp3) is 0.941. The summed E-state index contributed by atoms with van der Waals surface area (Å²) in [6.45, 7) is 5.05. The van der Waals surface area contributed by atoms with E-state index in [0.29, 0.717) is 26.2 Å². The Morgan fingerprint density at radius 3 is 2.50 bits per heavy atom. The second-order valence-electron chi connectivity index (χ2n) is 7.75. The van der Waals surface area contributed by atoms with Crippen LogP contribution in [-0.4, -0.2) is 67.7 Å². The summed E-state index contributed by atoms with van der Waals surface area (Å²) in [7, 11) is 0. The summed E-state index contributed by atoms with van der Waals surface area (Å²) in [5.74, 6) is 0.577. The number of alkyl halides is 3. The van der Waals surface area contributed by atoms with Gasteiger partial charge in [-0.15, -0.1) is 24.8 Å². The van der Waals surface area contributed by atoms with Crippen molar-refractivity contribution in [3.05, 3.63) is 0 Å². The maximum absolute atomic E-state index is 12.7. The number of rotatable bonds is 5. The van der Waals surface area contributed by atoms with Crippen molar-refractivity contribution in [3.8, 4) is 0 Å². The first-order chi connectivity index (χ1) is 11.3. The van der Waals surface area contributed by atoms with Crippen LogP contribution in [0.1, 0.15) is 32.6 Å². The zero-order valence-corrected chi connectivity index (χ0v) is 16.8. The van der Waals surface area contributed by atoms with Gasteiger partial charge in [-0.25, -0.2) is 0 Å². The molecule has 0 bridgehead atoms. The van der Waals surface area contributed by atoms with Crippen LogP contribution in [0.4, 0.5) is 13.2 Å². The summed E-state index contributed by atoms with van der Waals surface area (Å²) in [6.07, 6.45) is -0.170. The van der Waals surface area contributed by atoms with Crippen LogP contribution in [0, 0.1) is 17.3 Å². The lowest BCUT2D eigenvalue weighted by atomic mass is 9.91. The molecule has 3 fully saturated rings. The molecule has 1 N–H and O–H groups in total. The van der Waals surface area contributed by atoms with Gasteiger partial charge in [-0.1, -0.05) is 6.92 Å². The Bertz CT molecular complexity index is 473. The Morgan fingerprint density at radius 1 is 1.27 bits per heavy atom. The van der Waals surface area contributed by atoms with E-state index < -0.39 is 12.7 Å². The molecule has 2 saturated heterocycles. The molecule has 26 heavy (non-hydrogen) atoms. The number of likely N-dealkylation sites (tertiary alicyclic amines) is 1. The van der Waals surface area contributed by atoms with Crippen LogP contribution in [-0.2, 0) is 4.79 Å². The minimum atomic E-state index is -4.15. The average Bonchev–Trinajstić information content (AvgIpc) is 3.00. The third-order valence-electron chi connectivity index (χ3n) is 6.05. The molecule has 1 aliphatic carbocycles. The number of nitrogens with zero attached hydrogens (tertiary/aromatic N) is 2. The topological polar surface area (TPSA) is 35.6 Å². The predicted molar refractivity (Wildman–Crippen MR) is 100.0 cm³/mol. The molecule has 3 aliphatic rings. The van der Waals surface area contributed by atoms with E-state index >= 15 is 0 Å². The summed E-state index contributed by atoms with van der Waals surface area (Å²) in [4.78, 5) is 16.1. The van der Waals surface area contributed by atoms with E-state index in [1.54, 1.807) is 6.92 Å². The Morgan fingerprint density at radius 2 is 1.92 bits per heavy atom. The van der Waals surface area contributed by atoms with Gasteiger partial charge in [0, 0.05) is 25.6 Å². The van der Waals surface area contributed by atoms with Gasteiger partial charge in [0.15, 0.2) is 0 Å². The molecule has 0 aromatic carbocycles. The summed E-state index contributed by atoms with van der Waals surface area (Å²) < 4.78 is 37.7. The highest BCUT2D eigenvalue weighted by Gasteiger charge is 2.58. The van der Waals surface area contributed by atoms with Crippen molar-refractivity contribution in [2.45, 2.75) is 38.8 Å². The third-order valence-corrected chi connectivity index (χ3v) is 6.05. The van der Waals surface area contributed by atoms with Gasteiger partial charge in [-0.3, -0.25) is 9.69 Å². The molecule has 9 heteroatoms. The Hall–Kier alpha value is -0.240. The number of piperidine rings is 1. The van der Waals surface area contributed by atoms with E-state index in [1.807, 2.05) is 4.90 Å². The molecule has 3 rings (SSSR count). The minimum Gasteiger partial charge on any atom is -0.342 e. The van der Waals surface area contributed by atoms with E-state index in [4.69, 9.17) is 0 Å². The molecule has 1 saturated carbocycles. The summed E-state index contributed by atoms with van der Waals surface area (Å²) >= 11 is 0. The summed E-state index contributed by atoms with van der Waals surface area (Å²) in [5, 5.41) is 3.34. The number of halogens is 5. The van der Waals surface area contributed by atoms with Gasteiger partial charge in [0.25, 0.3) is 0 Å². The van der Waals surface area contributed by atoms with Crippen molar-refractivity contribution in [3.63, 3.8) is 0 Å². The average molecular weight is 420 g/mol. The highest BCUT2D eigenvalue weighted by molar-refractivity contribution is 5.85. The van der Waals surface area contributed by atoms with Gasteiger partial charge in [-0.2, -0.15) is 13.2 Å². The maximum atomic E-state index is 12.7. The Labute approximate surface area is 166 Å². The van der Waals surface area contributed by atoms with Gasteiger partial charge in [0.05, 0.1) is 6.54 Å². The molecule has 0 aromatic rings. The molecule has 0 aromatic heterocycles. The standard InChI is InChI=1S/C17H28F3N3O.2ClH/c1-2-22(12-17(18,19)20)10-13-3-8-23(11-13)15(24)14-9-16(14)4-6-21-7-5-16;;/h13-14,21H,2-12H2,1H3;2*1H. The normalized spacial score (nSPS) is 27.2. The Balaban J connectivity index is 0.00000169.